The van der Waals surface area contributed by atoms with Gasteiger partial charge in [0.2, 0.25) is 11.9 Å². The Morgan fingerprint density at radius 2 is 1.93 bits per heavy atom. The number of aromatic nitrogens is 2. The molecule has 1 fully saturated rings. The number of hydrogen-bond acceptors (Lipinski definition) is 7. The smallest absolute Gasteiger partial charge is 0.294 e. The molecule has 2 aromatic rings. The van der Waals surface area contributed by atoms with Crippen molar-refractivity contribution < 1.29 is 9.72 Å². The Labute approximate surface area is 161 Å². The summed E-state index contributed by atoms with van der Waals surface area (Å²) < 4.78 is 0. The molecule has 9 nitrogen and oxygen atoms in total. The summed E-state index contributed by atoms with van der Waals surface area (Å²) in [6.07, 6.45) is 3.60. The zero-order valence-electron chi connectivity index (χ0n) is 14.5. The lowest BCUT2D eigenvalue weighted by Crippen LogP contribution is -2.49. The average molecular weight is 391 g/mol. The van der Waals surface area contributed by atoms with Crippen LogP contribution in [0.3, 0.4) is 0 Å². The zero-order valence-corrected chi connectivity index (χ0v) is 15.3. The highest BCUT2D eigenvalue weighted by Gasteiger charge is 2.25. The van der Waals surface area contributed by atoms with Gasteiger partial charge in [-0.25, -0.2) is 9.97 Å². The molecule has 0 bridgehead atoms. The third kappa shape index (κ3) is 4.82. The molecule has 27 heavy (non-hydrogen) atoms. The van der Waals surface area contributed by atoms with Crippen molar-refractivity contribution in [3.63, 3.8) is 0 Å². The van der Waals surface area contributed by atoms with Crippen molar-refractivity contribution in [2.24, 2.45) is 0 Å². The molecule has 1 aromatic heterocycles. The minimum Gasteiger partial charge on any atom is -0.362 e. The topological polar surface area (TPSA) is 104 Å². The summed E-state index contributed by atoms with van der Waals surface area (Å²) >= 11 is 5.87. The highest BCUT2D eigenvalue weighted by atomic mass is 35.5. The summed E-state index contributed by atoms with van der Waals surface area (Å²) in [4.78, 5) is 34.9. The minimum absolute atomic E-state index is 0.0191. The van der Waals surface area contributed by atoms with E-state index in [1.165, 1.54) is 6.07 Å². The zero-order chi connectivity index (χ0) is 19.2. The van der Waals surface area contributed by atoms with Gasteiger partial charge >= 0.3 is 0 Å². The predicted molar refractivity (Wildman–Crippen MR) is 102 cm³/mol. The van der Waals surface area contributed by atoms with E-state index >= 15 is 0 Å². The Kier molecular flexibility index (Phi) is 6.02. The van der Waals surface area contributed by atoms with Crippen LogP contribution < -0.4 is 10.2 Å². The van der Waals surface area contributed by atoms with Gasteiger partial charge in [-0.05, 0) is 18.2 Å². The van der Waals surface area contributed by atoms with Crippen LogP contribution in [-0.4, -0.2) is 58.4 Å². The Balaban J connectivity index is 1.51. The molecule has 1 saturated heterocycles. The largest absolute Gasteiger partial charge is 0.362 e. The first kappa shape index (κ1) is 18.8. The average Bonchev–Trinajstić information content (AvgIpc) is 2.69. The third-order valence-electron chi connectivity index (χ3n) is 4.29. The molecule has 1 N–H and O–H groups in total. The van der Waals surface area contributed by atoms with Gasteiger partial charge in [-0.1, -0.05) is 11.6 Å². The molecule has 10 heteroatoms. The van der Waals surface area contributed by atoms with Crippen LogP contribution in [0.1, 0.15) is 6.42 Å². The second kappa shape index (κ2) is 8.63. The molecular formula is C17H19ClN6O3. The fourth-order valence-corrected chi connectivity index (χ4v) is 3.10. The van der Waals surface area contributed by atoms with Crippen LogP contribution >= 0.6 is 11.6 Å². The second-order valence-corrected chi connectivity index (χ2v) is 6.44. The van der Waals surface area contributed by atoms with Gasteiger partial charge in [-0.3, -0.25) is 14.9 Å². The van der Waals surface area contributed by atoms with Gasteiger partial charge in [0.1, 0.15) is 5.69 Å². The van der Waals surface area contributed by atoms with E-state index in [1.807, 2.05) is 4.90 Å². The summed E-state index contributed by atoms with van der Waals surface area (Å²) in [6.45, 7) is 2.54. The van der Waals surface area contributed by atoms with Crippen LogP contribution in [0.15, 0.2) is 36.7 Å². The van der Waals surface area contributed by atoms with Gasteiger partial charge in [0.25, 0.3) is 5.69 Å². The van der Waals surface area contributed by atoms with E-state index in [0.29, 0.717) is 55.8 Å². The minimum atomic E-state index is -0.434. The van der Waals surface area contributed by atoms with E-state index in [9.17, 15) is 14.9 Å². The van der Waals surface area contributed by atoms with E-state index in [4.69, 9.17) is 11.6 Å². The maximum atomic E-state index is 12.4. The Morgan fingerprint density at radius 3 is 2.59 bits per heavy atom. The maximum absolute atomic E-state index is 12.4. The molecular weight excluding hydrogens is 372 g/mol. The molecule has 0 saturated carbocycles. The van der Waals surface area contributed by atoms with E-state index in [1.54, 1.807) is 35.5 Å². The number of nitrogens with zero attached hydrogens (tertiary/aromatic N) is 5. The van der Waals surface area contributed by atoms with Gasteiger partial charge in [-0.2, -0.15) is 0 Å². The van der Waals surface area contributed by atoms with Gasteiger partial charge in [0.15, 0.2) is 0 Å². The number of anilines is 2. The summed E-state index contributed by atoms with van der Waals surface area (Å²) in [5.74, 6) is 0.522. The van der Waals surface area contributed by atoms with Crippen molar-refractivity contribution >= 4 is 34.8 Å². The van der Waals surface area contributed by atoms with E-state index < -0.39 is 4.92 Å². The van der Waals surface area contributed by atoms with Crippen LogP contribution in [0.4, 0.5) is 17.3 Å². The Morgan fingerprint density at radius 1 is 1.22 bits per heavy atom. The Hall–Kier alpha value is -2.94. The van der Waals surface area contributed by atoms with Crippen molar-refractivity contribution in [3.8, 4) is 0 Å². The number of halogens is 1. The molecule has 0 radical (unpaired) electrons. The molecule has 3 rings (SSSR count). The highest BCUT2D eigenvalue weighted by Crippen LogP contribution is 2.31. The molecule has 0 spiro atoms. The van der Waals surface area contributed by atoms with E-state index in [2.05, 4.69) is 15.3 Å². The molecule has 0 aliphatic carbocycles. The quantitative estimate of drug-likeness (QED) is 0.595. The molecule has 0 unspecified atom stereocenters. The van der Waals surface area contributed by atoms with Crippen molar-refractivity contribution in [1.29, 1.82) is 0 Å². The first-order chi connectivity index (χ1) is 13.0. The normalized spacial score (nSPS) is 14.1. The van der Waals surface area contributed by atoms with Crippen molar-refractivity contribution in [3.05, 3.63) is 51.8 Å². The Bertz CT molecular complexity index is 812. The van der Waals surface area contributed by atoms with Crippen LogP contribution in [0.2, 0.25) is 5.02 Å². The van der Waals surface area contributed by atoms with E-state index in [-0.39, 0.29) is 11.6 Å². The first-order valence-corrected chi connectivity index (χ1v) is 8.90. The summed E-state index contributed by atoms with van der Waals surface area (Å²) in [5.41, 5.74) is 0.508. The fraction of sp³-hybridized carbons (Fsp3) is 0.353. The molecule has 1 aromatic carbocycles. The van der Waals surface area contributed by atoms with Crippen LogP contribution in [0, 0.1) is 10.1 Å². The standard InChI is InChI=1S/C17H19ClN6O3/c18-13-2-3-14(15(12-13)24(26)27)22-8-10-23(11-9-22)16(25)4-7-21-17-19-5-1-6-20-17/h1-3,5-6,12H,4,7-11H2,(H,19,20,21). The molecule has 2 heterocycles. The summed E-state index contributed by atoms with van der Waals surface area (Å²) in [6, 6.07) is 6.37. The van der Waals surface area contributed by atoms with Crippen LogP contribution in [0.5, 0.6) is 0 Å². The first-order valence-electron chi connectivity index (χ1n) is 8.52. The van der Waals surface area contributed by atoms with E-state index in [0.717, 1.165) is 0 Å². The van der Waals surface area contributed by atoms with Gasteiger partial charge in [0.05, 0.1) is 4.92 Å². The van der Waals surface area contributed by atoms with Gasteiger partial charge < -0.3 is 15.1 Å². The van der Waals surface area contributed by atoms with Crippen molar-refractivity contribution in [1.82, 2.24) is 14.9 Å². The molecule has 142 valence electrons. The number of carbonyl (C=O) groups is 1. The third-order valence-corrected chi connectivity index (χ3v) is 4.53. The fourth-order valence-electron chi connectivity index (χ4n) is 2.94. The molecule has 1 amide bonds. The summed E-state index contributed by atoms with van der Waals surface area (Å²) in [5, 5.41) is 14.6. The van der Waals surface area contributed by atoms with Crippen LogP contribution in [0.25, 0.3) is 0 Å². The molecule has 1 aliphatic rings. The van der Waals surface area contributed by atoms with Crippen molar-refractivity contribution in [2.75, 3.05) is 42.9 Å². The second-order valence-electron chi connectivity index (χ2n) is 6.01. The SMILES string of the molecule is O=C(CCNc1ncccn1)N1CCN(c2ccc(Cl)cc2[N+](=O)[O-])CC1. The number of amides is 1. The lowest BCUT2D eigenvalue weighted by Gasteiger charge is -2.35. The number of nitro groups is 1. The highest BCUT2D eigenvalue weighted by molar-refractivity contribution is 6.30. The predicted octanol–water partition coefficient (Wildman–Crippen LogP) is 2.19. The number of rotatable bonds is 6. The molecule has 1 aliphatic heterocycles. The lowest BCUT2D eigenvalue weighted by atomic mass is 10.2. The van der Waals surface area contributed by atoms with Gasteiger partial charge in [0, 0.05) is 62.6 Å². The number of nitrogens with one attached hydrogen (secondary N) is 1. The number of hydrogen-bond donors (Lipinski definition) is 1. The number of benzene rings is 1. The summed E-state index contributed by atoms with van der Waals surface area (Å²) in [7, 11) is 0. The van der Waals surface area contributed by atoms with Crippen LogP contribution in [-0.2, 0) is 4.79 Å². The van der Waals surface area contributed by atoms with Gasteiger partial charge in [-0.15, -0.1) is 0 Å². The lowest BCUT2D eigenvalue weighted by molar-refractivity contribution is -0.384. The maximum Gasteiger partial charge on any atom is 0.294 e. The monoisotopic (exact) mass is 390 g/mol. The number of nitro benzene ring substituents is 1. The number of piperazine rings is 1. The number of carbonyl (C=O) groups excluding carboxylic acids is 1. The molecule has 0 atom stereocenters. The van der Waals surface area contributed by atoms with Crippen molar-refractivity contribution in [2.45, 2.75) is 6.42 Å².